The monoisotopic (exact) mass is 506 g/mol. The normalized spacial score (nSPS) is 16.3. The van der Waals surface area contributed by atoms with Crippen LogP contribution in [0.5, 0.6) is 0 Å². The van der Waals surface area contributed by atoms with Crippen LogP contribution in [0.15, 0.2) is 79.5 Å². The SMILES string of the molecule is C=CC(=O)NCCCC[C@H](C(=C)C(=O)OCc1ccccc1)C(C)(O)N1CCN(c2ccccn2)CC1. The first-order valence-corrected chi connectivity index (χ1v) is 12.8. The highest BCUT2D eigenvalue weighted by Crippen LogP contribution is 2.34. The molecule has 2 heterocycles. The Bertz CT molecular complexity index is 1030. The van der Waals surface area contributed by atoms with Crippen molar-refractivity contribution in [2.24, 2.45) is 5.92 Å². The number of carbonyl (C=O) groups excluding carboxylic acids is 2. The van der Waals surface area contributed by atoms with Gasteiger partial charge in [-0.2, -0.15) is 0 Å². The predicted molar refractivity (Wildman–Crippen MR) is 145 cm³/mol. The van der Waals surface area contributed by atoms with Gasteiger partial charge in [0.05, 0.1) is 0 Å². The van der Waals surface area contributed by atoms with Gasteiger partial charge in [-0.25, -0.2) is 9.78 Å². The maximum Gasteiger partial charge on any atom is 0.334 e. The summed E-state index contributed by atoms with van der Waals surface area (Å²) in [5, 5.41) is 14.5. The topological polar surface area (TPSA) is 95.0 Å². The van der Waals surface area contributed by atoms with Gasteiger partial charge in [-0.15, -0.1) is 0 Å². The number of aromatic nitrogens is 1. The molecule has 1 aromatic carbocycles. The second kappa shape index (κ2) is 13.7. The summed E-state index contributed by atoms with van der Waals surface area (Å²) in [5.41, 5.74) is -0.164. The molecule has 1 aliphatic rings. The standard InChI is InChI=1S/C29H38N4O4/c1-4-27(34)31-17-10-8-14-25(23(2)28(35)37-22-24-12-6-5-7-13-24)29(3,36)33-20-18-32(19-21-33)26-15-9-11-16-30-26/h4-7,9,11-13,15-16,25,36H,1-2,8,10,14,17-22H2,3H3,(H,31,34)/t25-,29?/m1/s1. The van der Waals surface area contributed by atoms with Crippen molar-refractivity contribution in [1.82, 2.24) is 15.2 Å². The summed E-state index contributed by atoms with van der Waals surface area (Å²) in [7, 11) is 0. The molecule has 0 radical (unpaired) electrons. The highest BCUT2D eigenvalue weighted by molar-refractivity contribution is 5.88. The number of pyridine rings is 1. The molecule has 3 rings (SSSR count). The third-order valence-electron chi connectivity index (χ3n) is 6.85. The third kappa shape index (κ3) is 8.00. The number of benzene rings is 1. The predicted octanol–water partition coefficient (Wildman–Crippen LogP) is 3.30. The molecule has 2 N–H and O–H groups in total. The van der Waals surface area contributed by atoms with E-state index in [9.17, 15) is 14.7 Å². The second-order valence-electron chi connectivity index (χ2n) is 9.39. The molecule has 1 aromatic heterocycles. The first-order chi connectivity index (χ1) is 17.8. The van der Waals surface area contributed by atoms with Crippen LogP contribution in [-0.2, 0) is 20.9 Å². The van der Waals surface area contributed by atoms with Gasteiger partial charge in [0.25, 0.3) is 0 Å². The zero-order chi connectivity index (χ0) is 26.7. The van der Waals surface area contributed by atoms with E-state index in [0.29, 0.717) is 52.0 Å². The molecule has 1 unspecified atom stereocenters. The van der Waals surface area contributed by atoms with Crippen molar-refractivity contribution < 1.29 is 19.4 Å². The first kappa shape index (κ1) is 28.1. The Morgan fingerprint density at radius 1 is 1.14 bits per heavy atom. The number of amides is 1. The van der Waals surface area contributed by atoms with Crippen LogP contribution in [-0.4, -0.2) is 65.3 Å². The summed E-state index contributed by atoms with van der Waals surface area (Å²) in [6.07, 6.45) is 4.93. The summed E-state index contributed by atoms with van der Waals surface area (Å²) in [5.74, 6) is -0.356. The van der Waals surface area contributed by atoms with E-state index in [2.05, 4.69) is 28.4 Å². The van der Waals surface area contributed by atoms with Crippen LogP contribution >= 0.6 is 0 Å². The van der Waals surface area contributed by atoms with Gasteiger partial charge < -0.3 is 20.1 Å². The number of hydrogen-bond donors (Lipinski definition) is 2. The summed E-state index contributed by atoms with van der Waals surface area (Å²) < 4.78 is 5.55. The maximum atomic E-state index is 13.0. The Morgan fingerprint density at radius 2 is 1.84 bits per heavy atom. The summed E-state index contributed by atoms with van der Waals surface area (Å²) in [4.78, 5) is 33.1. The fourth-order valence-electron chi connectivity index (χ4n) is 4.64. The smallest absolute Gasteiger partial charge is 0.334 e. The Kier molecular flexibility index (Phi) is 10.4. The number of anilines is 1. The van der Waals surface area contributed by atoms with Gasteiger partial charge in [-0.05, 0) is 43.5 Å². The van der Waals surface area contributed by atoms with Gasteiger partial charge in [0, 0.05) is 50.4 Å². The van der Waals surface area contributed by atoms with Crippen molar-refractivity contribution in [2.45, 2.75) is 38.5 Å². The zero-order valence-electron chi connectivity index (χ0n) is 21.6. The maximum absolute atomic E-state index is 13.0. The number of nitrogens with one attached hydrogen (secondary N) is 1. The van der Waals surface area contributed by atoms with Crippen molar-refractivity contribution in [3.05, 3.63) is 85.1 Å². The van der Waals surface area contributed by atoms with E-state index in [4.69, 9.17) is 4.74 Å². The number of piperazine rings is 1. The van der Waals surface area contributed by atoms with Crippen LogP contribution < -0.4 is 10.2 Å². The van der Waals surface area contributed by atoms with Gasteiger partial charge in [0.2, 0.25) is 5.91 Å². The van der Waals surface area contributed by atoms with Crippen LogP contribution in [0.25, 0.3) is 0 Å². The number of esters is 1. The van der Waals surface area contributed by atoms with Crippen LogP contribution in [0.2, 0.25) is 0 Å². The lowest BCUT2D eigenvalue weighted by atomic mass is 9.84. The minimum Gasteiger partial charge on any atom is -0.457 e. The van der Waals surface area contributed by atoms with E-state index < -0.39 is 17.6 Å². The Balaban J connectivity index is 1.65. The van der Waals surface area contributed by atoms with Crippen molar-refractivity contribution in [3.8, 4) is 0 Å². The van der Waals surface area contributed by atoms with Crippen LogP contribution in [0.4, 0.5) is 5.82 Å². The Hall–Kier alpha value is -3.49. The minimum absolute atomic E-state index is 0.143. The molecule has 0 saturated carbocycles. The first-order valence-electron chi connectivity index (χ1n) is 12.8. The summed E-state index contributed by atoms with van der Waals surface area (Å²) in [6, 6.07) is 15.3. The van der Waals surface area contributed by atoms with E-state index in [1.165, 1.54) is 6.08 Å². The largest absolute Gasteiger partial charge is 0.457 e. The molecule has 1 aliphatic heterocycles. The number of aliphatic hydroxyl groups is 1. The molecule has 198 valence electrons. The summed E-state index contributed by atoms with van der Waals surface area (Å²) in [6.45, 7) is 12.6. The van der Waals surface area contributed by atoms with Crippen molar-refractivity contribution >= 4 is 17.7 Å². The fraction of sp³-hybridized carbons (Fsp3) is 0.414. The molecule has 37 heavy (non-hydrogen) atoms. The number of ether oxygens (including phenoxy) is 1. The average molecular weight is 507 g/mol. The number of nitrogens with zero attached hydrogens (tertiary/aromatic N) is 3. The molecular formula is C29H38N4O4. The lowest BCUT2D eigenvalue weighted by Crippen LogP contribution is -2.59. The number of rotatable bonds is 13. The lowest BCUT2D eigenvalue weighted by molar-refractivity contribution is -0.151. The van der Waals surface area contributed by atoms with Gasteiger partial charge in [-0.1, -0.05) is 56.0 Å². The van der Waals surface area contributed by atoms with Crippen LogP contribution in [0, 0.1) is 5.92 Å². The minimum atomic E-state index is -1.30. The van der Waals surface area contributed by atoms with Gasteiger partial charge >= 0.3 is 5.97 Å². The van der Waals surface area contributed by atoms with E-state index in [1.54, 1.807) is 13.1 Å². The fourth-order valence-corrected chi connectivity index (χ4v) is 4.64. The van der Waals surface area contributed by atoms with Gasteiger partial charge in [0.1, 0.15) is 18.1 Å². The Labute approximate surface area is 219 Å². The van der Waals surface area contributed by atoms with E-state index in [0.717, 1.165) is 11.4 Å². The van der Waals surface area contributed by atoms with E-state index in [1.807, 2.05) is 53.4 Å². The number of hydrogen-bond acceptors (Lipinski definition) is 7. The second-order valence-corrected chi connectivity index (χ2v) is 9.39. The molecule has 2 atom stereocenters. The average Bonchev–Trinajstić information content (AvgIpc) is 2.94. The number of carbonyl (C=O) groups is 2. The molecule has 2 aromatic rings. The van der Waals surface area contributed by atoms with E-state index in [-0.39, 0.29) is 18.1 Å². The zero-order valence-corrected chi connectivity index (χ0v) is 21.6. The Morgan fingerprint density at radius 3 is 2.49 bits per heavy atom. The molecular weight excluding hydrogens is 468 g/mol. The molecule has 8 heteroatoms. The van der Waals surface area contributed by atoms with E-state index >= 15 is 0 Å². The van der Waals surface area contributed by atoms with Crippen molar-refractivity contribution in [1.29, 1.82) is 0 Å². The third-order valence-corrected chi connectivity index (χ3v) is 6.85. The highest BCUT2D eigenvalue weighted by atomic mass is 16.5. The molecule has 1 amide bonds. The molecule has 0 aliphatic carbocycles. The number of unbranched alkanes of at least 4 members (excludes halogenated alkanes) is 1. The highest BCUT2D eigenvalue weighted by Gasteiger charge is 2.42. The van der Waals surface area contributed by atoms with Crippen LogP contribution in [0.1, 0.15) is 31.7 Å². The summed E-state index contributed by atoms with van der Waals surface area (Å²) >= 11 is 0. The van der Waals surface area contributed by atoms with Crippen molar-refractivity contribution in [2.75, 3.05) is 37.6 Å². The lowest BCUT2D eigenvalue weighted by Gasteiger charge is -2.47. The molecule has 0 spiro atoms. The van der Waals surface area contributed by atoms with Crippen molar-refractivity contribution in [3.63, 3.8) is 0 Å². The van der Waals surface area contributed by atoms with Gasteiger partial charge in [-0.3, -0.25) is 9.69 Å². The van der Waals surface area contributed by atoms with Crippen LogP contribution in [0.3, 0.4) is 0 Å². The molecule has 8 nitrogen and oxygen atoms in total. The quantitative estimate of drug-likeness (QED) is 0.245. The molecule has 1 saturated heterocycles. The molecule has 0 bridgehead atoms. The van der Waals surface area contributed by atoms with Gasteiger partial charge in [0.15, 0.2) is 0 Å². The molecule has 1 fully saturated rings.